The summed E-state index contributed by atoms with van der Waals surface area (Å²) in [7, 11) is 0. The lowest BCUT2D eigenvalue weighted by atomic mass is 10.1. The van der Waals surface area contributed by atoms with Crippen molar-refractivity contribution in [3.63, 3.8) is 0 Å². The van der Waals surface area contributed by atoms with E-state index in [-0.39, 0.29) is 18.1 Å². The first-order valence-corrected chi connectivity index (χ1v) is 6.88. The number of carbonyl (C=O) groups excluding carboxylic acids is 1. The summed E-state index contributed by atoms with van der Waals surface area (Å²) in [5.41, 5.74) is -0.595. The summed E-state index contributed by atoms with van der Waals surface area (Å²) in [4.78, 5) is 13.5. The van der Waals surface area contributed by atoms with Crippen molar-refractivity contribution in [3.8, 4) is 0 Å². The van der Waals surface area contributed by atoms with E-state index in [0.29, 0.717) is 5.69 Å². The monoisotopic (exact) mass is 322 g/mol. The molecule has 0 radical (unpaired) electrons. The van der Waals surface area contributed by atoms with Crippen LogP contribution in [0.5, 0.6) is 0 Å². The predicted molar refractivity (Wildman–Crippen MR) is 77.7 cm³/mol. The Hall–Kier alpha value is -1.43. The van der Waals surface area contributed by atoms with Gasteiger partial charge in [0.25, 0.3) is 0 Å². The molecular formula is C14H18ClF3N2O. The molecule has 21 heavy (non-hydrogen) atoms. The fourth-order valence-corrected chi connectivity index (χ4v) is 2.13. The largest absolute Gasteiger partial charge is 0.417 e. The molecule has 1 aromatic carbocycles. The third-order valence-electron chi connectivity index (χ3n) is 2.68. The first-order valence-electron chi connectivity index (χ1n) is 6.50. The van der Waals surface area contributed by atoms with Crippen LogP contribution in [0.25, 0.3) is 0 Å². The molecule has 0 aliphatic heterocycles. The molecule has 0 aliphatic carbocycles. The van der Waals surface area contributed by atoms with Gasteiger partial charge in [-0.3, -0.25) is 4.90 Å². The van der Waals surface area contributed by atoms with Gasteiger partial charge in [-0.1, -0.05) is 11.6 Å². The number of urea groups is 1. The van der Waals surface area contributed by atoms with Crippen LogP contribution in [-0.4, -0.2) is 18.1 Å². The molecule has 0 heterocycles. The number of alkyl halides is 3. The minimum Gasteiger partial charge on any atom is -0.336 e. The number of hydrogen-bond donors (Lipinski definition) is 1. The van der Waals surface area contributed by atoms with Crippen LogP contribution >= 0.6 is 11.6 Å². The zero-order valence-electron chi connectivity index (χ0n) is 12.3. The van der Waals surface area contributed by atoms with Crippen LogP contribution < -0.4 is 10.2 Å². The van der Waals surface area contributed by atoms with Gasteiger partial charge in [0, 0.05) is 17.8 Å². The molecule has 1 N–H and O–H groups in total. The van der Waals surface area contributed by atoms with Crippen LogP contribution in [0.1, 0.15) is 33.3 Å². The summed E-state index contributed by atoms with van der Waals surface area (Å²) in [5, 5.41) is 2.28. The Labute approximate surface area is 127 Å². The van der Waals surface area contributed by atoms with E-state index in [1.807, 2.05) is 0 Å². The molecule has 0 fully saturated rings. The lowest BCUT2D eigenvalue weighted by Gasteiger charge is -2.28. The van der Waals surface area contributed by atoms with Crippen molar-refractivity contribution in [1.82, 2.24) is 5.32 Å². The van der Waals surface area contributed by atoms with Crippen LogP contribution in [0.15, 0.2) is 18.2 Å². The molecule has 1 rings (SSSR count). The first-order chi connectivity index (χ1) is 9.54. The normalized spacial score (nSPS) is 11.9. The van der Waals surface area contributed by atoms with Gasteiger partial charge in [-0.2, -0.15) is 13.2 Å². The Morgan fingerprint density at radius 1 is 1.24 bits per heavy atom. The van der Waals surface area contributed by atoms with Gasteiger partial charge < -0.3 is 5.32 Å². The number of rotatable bonds is 3. The summed E-state index contributed by atoms with van der Waals surface area (Å²) < 4.78 is 38.1. The second kappa shape index (κ2) is 6.56. The zero-order valence-corrected chi connectivity index (χ0v) is 13.0. The van der Waals surface area contributed by atoms with E-state index < -0.39 is 16.8 Å². The van der Waals surface area contributed by atoms with Gasteiger partial charge in [-0.25, -0.2) is 4.79 Å². The minimum atomic E-state index is -4.52. The quantitative estimate of drug-likeness (QED) is 0.860. The van der Waals surface area contributed by atoms with Crippen molar-refractivity contribution < 1.29 is 18.0 Å². The maximum atomic E-state index is 12.7. The van der Waals surface area contributed by atoms with Gasteiger partial charge in [0.1, 0.15) is 0 Å². The third kappa shape index (κ3) is 4.52. The lowest BCUT2D eigenvalue weighted by molar-refractivity contribution is -0.137. The fraction of sp³-hybridized carbons (Fsp3) is 0.500. The molecule has 0 saturated carbocycles. The molecular weight excluding hydrogens is 305 g/mol. The number of halogens is 4. The van der Waals surface area contributed by atoms with Gasteiger partial charge in [-0.15, -0.1) is 0 Å². The average Bonchev–Trinajstić information content (AvgIpc) is 2.25. The van der Waals surface area contributed by atoms with E-state index in [0.717, 1.165) is 12.1 Å². The first kappa shape index (κ1) is 17.6. The molecule has 3 nitrogen and oxygen atoms in total. The molecule has 0 spiro atoms. The van der Waals surface area contributed by atoms with Crippen LogP contribution in [0, 0.1) is 0 Å². The summed E-state index contributed by atoms with van der Waals surface area (Å²) in [6.07, 6.45) is -4.52. The number of anilines is 1. The van der Waals surface area contributed by atoms with E-state index >= 15 is 0 Å². The Morgan fingerprint density at radius 3 is 2.19 bits per heavy atom. The number of carbonyl (C=O) groups is 1. The van der Waals surface area contributed by atoms with Crippen molar-refractivity contribution in [2.45, 2.75) is 46.0 Å². The van der Waals surface area contributed by atoms with E-state index in [4.69, 9.17) is 11.6 Å². The van der Waals surface area contributed by atoms with Crippen LogP contribution in [-0.2, 0) is 6.18 Å². The SMILES string of the molecule is CC(C)NC(=O)N(c1ccc(C(F)(F)F)c(Cl)c1)C(C)C. The smallest absolute Gasteiger partial charge is 0.336 e. The third-order valence-corrected chi connectivity index (χ3v) is 3.00. The molecule has 0 bridgehead atoms. The second-order valence-electron chi connectivity index (χ2n) is 5.23. The maximum Gasteiger partial charge on any atom is 0.417 e. The van der Waals surface area contributed by atoms with Crippen molar-refractivity contribution in [2.24, 2.45) is 0 Å². The highest BCUT2D eigenvalue weighted by atomic mass is 35.5. The predicted octanol–water partition coefficient (Wildman–Crippen LogP) is 4.69. The highest BCUT2D eigenvalue weighted by molar-refractivity contribution is 6.31. The maximum absolute atomic E-state index is 12.7. The topological polar surface area (TPSA) is 32.3 Å². The highest BCUT2D eigenvalue weighted by Crippen LogP contribution is 2.36. The van der Waals surface area contributed by atoms with Crippen LogP contribution in [0.4, 0.5) is 23.7 Å². The fourth-order valence-electron chi connectivity index (χ4n) is 1.85. The Kier molecular flexibility index (Phi) is 5.50. The molecule has 118 valence electrons. The van der Waals surface area contributed by atoms with Crippen molar-refractivity contribution in [2.75, 3.05) is 4.90 Å². The van der Waals surface area contributed by atoms with Crippen molar-refractivity contribution >= 4 is 23.3 Å². The van der Waals surface area contributed by atoms with E-state index in [2.05, 4.69) is 5.32 Å². The van der Waals surface area contributed by atoms with E-state index in [1.54, 1.807) is 27.7 Å². The minimum absolute atomic E-state index is 0.0799. The standard InChI is InChI=1S/C14H18ClF3N2O/c1-8(2)19-13(21)20(9(3)4)10-5-6-11(12(15)7-10)14(16,17)18/h5-9H,1-4H3,(H,19,21). The Balaban J connectivity index is 3.17. The van der Waals surface area contributed by atoms with Crippen LogP contribution in [0.3, 0.4) is 0 Å². The molecule has 0 saturated heterocycles. The molecule has 0 aromatic heterocycles. The number of nitrogens with one attached hydrogen (secondary N) is 1. The van der Waals surface area contributed by atoms with Crippen LogP contribution in [0.2, 0.25) is 5.02 Å². The number of amides is 2. The molecule has 2 amide bonds. The van der Waals surface area contributed by atoms with E-state index in [1.165, 1.54) is 11.0 Å². The van der Waals surface area contributed by atoms with Gasteiger partial charge in [-0.05, 0) is 45.9 Å². The molecule has 0 unspecified atom stereocenters. The summed E-state index contributed by atoms with van der Waals surface area (Å²) in [6.45, 7) is 7.14. The number of nitrogens with zero attached hydrogens (tertiary/aromatic N) is 1. The summed E-state index contributed by atoms with van der Waals surface area (Å²) >= 11 is 5.69. The van der Waals surface area contributed by atoms with Gasteiger partial charge in [0.15, 0.2) is 0 Å². The number of hydrogen-bond acceptors (Lipinski definition) is 1. The molecule has 0 atom stereocenters. The van der Waals surface area contributed by atoms with Gasteiger partial charge >= 0.3 is 12.2 Å². The molecule has 1 aromatic rings. The summed E-state index contributed by atoms with van der Waals surface area (Å²) in [5.74, 6) is 0. The Bertz CT molecular complexity index is 515. The zero-order chi connectivity index (χ0) is 16.4. The number of benzene rings is 1. The molecule has 7 heteroatoms. The molecule has 0 aliphatic rings. The Morgan fingerprint density at radius 2 is 1.81 bits per heavy atom. The van der Waals surface area contributed by atoms with Crippen molar-refractivity contribution in [3.05, 3.63) is 28.8 Å². The van der Waals surface area contributed by atoms with Gasteiger partial charge in [0.2, 0.25) is 0 Å². The second-order valence-corrected chi connectivity index (χ2v) is 5.64. The summed E-state index contributed by atoms with van der Waals surface area (Å²) in [6, 6.07) is 2.60. The highest BCUT2D eigenvalue weighted by Gasteiger charge is 2.33. The average molecular weight is 323 g/mol. The van der Waals surface area contributed by atoms with E-state index in [9.17, 15) is 18.0 Å². The van der Waals surface area contributed by atoms with Crippen molar-refractivity contribution in [1.29, 1.82) is 0 Å². The van der Waals surface area contributed by atoms with Gasteiger partial charge in [0.05, 0.1) is 10.6 Å². The lowest BCUT2D eigenvalue weighted by Crippen LogP contribution is -2.46.